The molecule has 0 unspecified atom stereocenters. The molecule has 0 aromatic heterocycles. The Morgan fingerprint density at radius 3 is 2.42 bits per heavy atom. The number of para-hydroxylation sites is 1. The van der Waals surface area contributed by atoms with Crippen LogP contribution in [0.15, 0.2) is 53.7 Å². The van der Waals surface area contributed by atoms with Crippen molar-refractivity contribution in [1.82, 2.24) is 5.32 Å². The van der Waals surface area contributed by atoms with Crippen LogP contribution in [0.1, 0.15) is 5.56 Å². The maximum absolute atomic E-state index is 12.0. The van der Waals surface area contributed by atoms with Crippen LogP contribution in [0.2, 0.25) is 0 Å². The zero-order chi connectivity index (χ0) is 17.5. The Morgan fingerprint density at radius 1 is 1.17 bits per heavy atom. The molecule has 24 heavy (non-hydrogen) atoms. The molecule has 8 heteroatoms. The molecular weight excluding hydrogens is 314 g/mol. The number of oxime groups is 1. The van der Waals surface area contributed by atoms with E-state index in [1.807, 2.05) is 0 Å². The average Bonchev–Trinajstić information content (AvgIpc) is 2.60. The maximum atomic E-state index is 12.0. The summed E-state index contributed by atoms with van der Waals surface area (Å²) in [6.45, 7) is 0. The van der Waals surface area contributed by atoms with Crippen LogP contribution in [0.3, 0.4) is 0 Å². The van der Waals surface area contributed by atoms with Gasteiger partial charge in [0.2, 0.25) is 0 Å². The molecule has 0 aliphatic carbocycles. The third-order valence-electron chi connectivity index (χ3n) is 3.04. The molecule has 1 amide bonds. The first kappa shape index (κ1) is 16.9. The number of non-ortho nitro benzene ring substituents is 1. The lowest BCUT2D eigenvalue weighted by molar-refractivity contribution is -0.384. The number of carbonyl (C=O) groups excluding carboxylic acids is 1. The second kappa shape index (κ2) is 7.73. The third kappa shape index (κ3) is 3.86. The van der Waals surface area contributed by atoms with Gasteiger partial charge < -0.3 is 14.9 Å². The van der Waals surface area contributed by atoms with Gasteiger partial charge in [0.1, 0.15) is 18.6 Å². The first-order chi connectivity index (χ1) is 11.6. The molecule has 0 spiro atoms. The first-order valence-electron chi connectivity index (χ1n) is 6.91. The molecule has 1 N–H and O–H groups in total. The highest BCUT2D eigenvalue weighted by Crippen LogP contribution is 2.27. The second-order valence-electron chi connectivity index (χ2n) is 4.55. The van der Waals surface area contributed by atoms with Crippen LogP contribution >= 0.6 is 0 Å². The lowest BCUT2D eigenvalue weighted by Gasteiger charge is -2.11. The second-order valence-corrected chi connectivity index (χ2v) is 4.55. The number of nitro benzene ring substituents is 1. The number of rotatable bonds is 6. The minimum Gasteiger partial charge on any atom is -0.457 e. The van der Waals surface area contributed by atoms with E-state index in [2.05, 4.69) is 10.5 Å². The molecule has 0 bridgehead atoms. The van der Waals surface area contributed by atoms with E-state index in [0.717, 1.165) is 0 Å². The van der Waals surface area contributed by atoms with E-state index in [0.29, 0.717) is 17.1 Å². The molecule has 8 nitrogen and oxygen atoms in total. The molecule has 2 aromatic rings. The lowest BCUT2D eigenvalue weighted by Crippen LogP contribution is -2.28. The highest BCUT2D eigenvalue weighted by Gasteiger charge is 2.18. The van der Waals surface area contributed by atoms with Gasteiger partial charge in [-0.05, 0) is 24.3 Å². The van der Waals surface area contributed by atoms with Crippen LogP contribution in [0, 0.1) is 10.1 Å². The maximum Gasteiger partial charge on any atom is 0.273 e. The fourth-order valence-corrected chi connectivity index (χ4v) is 1.94. The van der Waals surface area contributed by atoms with Gasteiger partial charge in [-0.15, -0.1) is 0 Å². The van der Waals surface area contributed by atoms with Crippen molar-refractivity contribution in [3.63, 3.8) is 0 Å². The largest absolute Gasteiger partial charge is 0.457 e. The number of nitro groups is 1. The highest BCUT2D eigenvalue weighted by atomic mass is 16.6. The third-order valence-corrected chi connectivity index (χ3v) is 3.04. The minimum absolute atomic E-state index is 0.0392. The van der Waals surface area contributed by atoms with Crippen molar-refractivity contribution in [2.75, 3.05) is 14.2 Å². The summed E-state index contributed by atoms with van der Waals surface area (Å²) < 4.78 is 5.73. The summed E-state index contributed by atoms with van der Waals surface area (Å²) in [5.74, 6) is 0.323. The Kier molecular flexibility index (Phi) is 5.45. The fourth-order valence-electron chi connectivity index (χ4n) is 1.94. The zero-order valence-electron chi connectivity index (χ0n) is 13.1. The van der Waals surface area contributed by atoms with Crippen molar-refractivity contribution in [2.24, 2.45) is 5.16 Å². The van der Waals surface area contributed by atoms with E-state index in [4.69, 9.17) is 9.57 Å². The Balaban J connectivity index is 2.36. The van der Waals surface area contributed by atoms with Gasteiger partial charge in [0.05, 0.1) is 10.5 Å². The van der Waals surface area contributed by atoms with Crippen molar-refractivity contribution >= 4 is 17.3 Å². The number of hydrogen-bond acceptors (Lipinski definition) is 6. The lowest BCUT2D eigenvalue weighted by atomic mass is 10.1. The van der Waals surface area contributed by atoms with Crippen LogP contribution in [0.4, 0.5) is 5.69 Å². The van der Waals surface area contributed by atoms with Crippen molar-refractivity contribution in [2.45, 2.75) is 0 Å². The Hall–Kier alpha value is -3.42. The van der Waals surface area contributed by atoms with E-state index < -0.39 is 10.8 Å². The summed E-state index contributed by atoms with van der Waals surface area (Å²) >= 11 is 0. The SMILES string of the molecule is CNC(=O)C(=NOC)c1ccccc1Oc1ccc([N+](=O)[O-])cc1. The summed E-state index contributed by atoms with van der Waals surface area (Å²) in [5, 5.41) is 16.9. The molecule has 0 fully saturated rings. The Labute approximate surface area is 137 Å². The molecule has 2 rings (SSSR count). The van der Waals surface area contributed by atoms with Crippen LogP contribution < -0.4 is 10.1 Å². The molecule has 0 heterocycles. The standard InChI is InChI=1S/C16H15N3O5/c1-17-16(20)15(18-23-2)13-5-3-4-6-14(13)24-12-9-7-11(8-10-12)19(21)22/h3-10H,1-2H3,(H,17,20). The molecular formula is C16H15N3O5. The van der Waals surface area contributed by atoms with Gasteiger partial charge in [-0.25, -0.2) is 0 Å². The van der Waals surface area contributed by atoms with Crippen LogP contribution in [-0.4, -0.2) is 30.7 Å². The van der Waals surface area contributed by atoms with Gasteiger partial charge in [-0.1, -0.05) is 17.3 Å². The van der Waals surface area contributed by atoms with Gasteiger partial charge in [-0.3, -0.25) is 14.9 Å². The number of ether oxygens (including phenoxy) is 1. The molecule has 0 radical (unpaired) electrons. The molecule has 2 aromatic carbocycles. The number of carbonyl (C=O) groups is 1. The fraction of sp³-hybridized carbons (Fsp3) is 0.125. The Morgan fingerprint density at radius 2 is 1.83 bits per heavy atom. The topological polar surface area (TPSA) is 103 Å². The molecule has 0 atom stereocenters. The summed E-state index contributed by atoms with van der Waals surface area (Å²) in [4.78, 5) is 26.9. The van der Waals surface area contributed by atoms with Crippen molar-refractivity contribution in [1.29, 1.82) is 0 Å². The van der Waals surface area contributed by atoms with Crippen LogP contribution in [-0.2, 0) is 9.63 Å². The number of benzene rings is 2. The van der Waals surface area contributed by atoms with Gasteiger partial charge >= 0.3 is 0 Å². The molecule has 0 aliphatic rings. The first-order valence-corrected chi connectivity index (χ1v) is 6.91. The predicted octanol–water partition coefficient (Wildman–Crippen LogP) is 2.48. The van der Waals surface area contributed by atoms with Crippen LogP contribution in [0.25, 0.3) is 0 Å². The normalized spacial score (nSPS) is 10.8. The molecule has 0 saturated heterocycles. The Bertz CT molecular complexity index is 772. The van der Waals surface area contributed by atoms with E-state index >= 15 is 0 Å². The van der Waals surface area contributed by atoms with Gasteiger partial charge in [0.15, 0.2) is 5.71 Å². The monoisotopic (exact) mass is 329 g/mol. The number of hydrogen-bond donors (Lipinski definition) is 1. The van der Waals surface area contributed by atoms with Gasteiger partial charge in [0, 0.05) is 19.2 Å². The molecule has 0 aliphatic heterocycles. The van der Waals surface area contributed by atoms with E-state index in [1.54, 1.807) is 24.3 Å². The number of likely N-dealkylation sites (N-methyl/N-ethyl adjacent to an activating group) is 1. The van der Waals surface area contributed by atoms with Gasteiger partial charge in [-0.2, -0.15) is 0 Å². The number of amides is 1. The predicted molar refractivity (Wildman–Crippen MR) is 87.2 cm³/mol. The molecule has 0 saturated carbocycles. The summed E-state index contributed by atoms with van der Waals surface area (Å²) in [6, 6.07) is 12.4. The minimum atomic E-state index is -0.493. The summed E-state index contributed by atoms with van der Waals surface area (Å²) in [5.41, 5.74) is 0.442. The van der Waals surface area contributed by atoms with Crippen molar-refractivity contribution in [3.8, 4) is 11.5 Å². The van der Waals surface area contributed by atoms with Crippen molar-refractivity contribution < 1.29 is 19.3 Å². The highest BCUT2D eigenvalue weighted by molar-refractivity contribution is 6.45. The van der Waals surface area contributed by atoms with E-state index in [-0.39, 0.29) is 11.4 Å². The van der Waals surface area contributed by atoms with Crippen LogP contribution in [0.5, 0.6) is 11.5 Å². The van der Waals surface area contributed by atoms with Gasteiger partial charge in [0.25, 0.3) is 11.6 Å². The number of nitrogens with one attached hydrogen (secondary N) is 1. The molecule has 124 valence electrons. The van der Waals surface area contributed by atoms with E-state index in [1.165, 1.54) is 38.4 Å². The number of nitrogens with zero attached hydrogens (tertiary/aromatic N) is 2. The smallest absolute Gasteiger partial charge is 0.273 e. The van der Waals surface area contributed by atoms with Crippen molar-refractivity contribution in [3.05, 3.63) is 64.2 Å². The average molecular weight is 329 g/mol. The van der Waals surface area contributed by atoms with E-state index in [9.17, 15) is 14.9 Å². The quantitative estimate of drug-likeness (QED) is 0.498. The summed E-state index contributed by atoms with van der Waals surface area (Å²) in [6.07, 6.45) is 0. The zero-order valence-corrected chi connectivity index (χ0v) is 13.1. The summed E-state index contributed by atoms with van der Waals surface area (Å²) in [7, 11) is 2.82.